The van der Waals surface area contributed by atoms with Gasteiger partial charge in [-0.15, -0.1) is 11.8 Å². The predicted octanol–water partition coefficient (Wildman–Crippen LogP) is 5.26. The van der Waals surface area contributed by atoms with Crippen LogP contribution in [0.5, 0.6) is 0 Å². The zero-order valence-electron chi connectivity index (χ0n) is 18.7. The fraction of sp³-hybridized carbons (Fsp3) is 0.259. The summed E-state index contributed by atoms with van der Waals surface area (Å²) in [6.45, 7) is 6.94. The number of hydrogen-bond acceptors (Lipinski definition) is 3. The van der Waals surface area contributed by atoms with Crippen LogP contribution < -0.4 is 10.2 Å². The van der Waals surface area contributed by atoms with E-state index in [1.54, 1.807) is 0 Å². The van der Waals surface area contributed by atoms with E-state index in [0.29, 0.717) is 13.1 Å². The summed E-state index contributed by atoms with van der Waals surface area (Å²) in [5.41, 5.74) is 5.40. The van der Waals surface area contributed by atoms with Crippen LogP contribution in [0.25, 0.3) is 0 Å². The molecule has 1 N–H and O–H groups in total. The van der Waals surface area contributed by atoms with Crippen LogP contribution in [0.15, 0.2) is 77.7 Å². The van der Waals surface area contributed by atoms with Crippen LogP contribution >= 0.6 is 11.8 Å². The molecule has 0 saturated carbocycles. The first kappa shape index (κ1) is 22.2. The second-order valence-corrected chi connectivity index (χ2v) is 9.54. The number of nitrogens with one attached hydrogen (secondary N) is 1. The van der Waals surface area contributed by atoms with E-state index in [2.05, 4.69) is 37.4 Å². The van der Waals surface area contributed by atoms with Crippen molar-refractivity contribution in [2.45, 2.75) is 44.0 Å². The van der Waals surface area contributed by atoms with Gasteiger partial charge in [-0.05, 0) is 42.7 Å². The van der Waals surface area contributed by atoms with E-state index in [1.807, 2.05) is 66.4 Å². The van der Waals surface area contributed by atoms with E-state index in [-0.39, 0.29) is 11.8 Å². The lowest BCUT2D eigenvalue weighted by atomic mass is 10.0. The molecular weight excluding hydrogens is 416 g/mol. The van der Waals surface area contributed by atoms with Crippen LogP contribution in [0.3, 0.4) is 0 Å². The first-order valence-corrected chi connectivity index (χ1v) is 11.8. The highest BCUT2D eigenvalue weighted by Gasteiger charge is 2.39. The summed E-state index contributed by atoms with van der Waals surface area (Å²) in [6.07, 6.45) is 0. The smallest absolute Gasteiger partial charge is 0.241 e. The highest BCUT2D eigenvalue weighted by molar-refractivity contribution is 8.01. The molecule has 1 heterocycles. The molecular formula is C27H28N2O2S. The quantitative estimate of drug-likeness (QED) is 0.564. The molecule has 0 spiro atoms. The Kier molecular flexibility index (Phi) is 6.66. The Bertz CT molecular complexity index is 1130. The number of anilines is 1. The van der Waals surface area contributed by atoms with Gasteiger partial charge >= 0.3 is 0 Å². The molecule has 2 amide bonds. The number of benzene rings is 3. The number of carbonyl (C=O) groups is 2. The van der Waals surface area contributed by atoms with Crippen LogP contribution in [0, 0.1) is 19.8 Å². The molecule has 0 aliphatic carbocycles. The minimum atomic E-state index is -0.467. The van der Waals surface area contributed by atoms with Crippen molar-refractivity contribution in [1.29, 1.82) is 0 Å². The van der Waals surface area contributed by atoms with E-state index in [9.17, 15) is 9.59 Å². The van der Waals surface area contributed by atoms with E-state index in [1.165, 1.54) is 17.3 Å². The van der Waals surface area contributed by atoms with Gasteiger partial charge in [0.15, 0.2) is 0 Å². The van der Waals surface area contributed by atoms with Gasteiger partial charge in [-0.25, -0.2) is 0 Å². The van der Waals surface area contributed by atoms with Gasteiger partial charge in [0.25, 0.3) is 0 Å². The lowest BCUT2D eigenvalue weighted by molar-refractivity contribution is -0.128. The summed E-state index contributed by atoms with van der Waals surface area (Å²) < 4.78 is 0. The first-order chi connectivity index (χ1) is 15.4. The molecule has 3 aromatic carbocycles. The molecule has 164 valence electrons. The van der Waals surface area contributed by atoms with E-state index >= 15 is 0 Å². The van der Waals surface area contributed by atoms with Crippen molar-refractivity contribution in [1.82, 2.24) is 5.32 Å². The lowest BCUT2D eigenvalue weighted by Gasteiger charge is -2.36. The van der Waals surface area contributed by atoms with Gasteiger partial charge < -0.3 is 10.2 Å². The molecule has 1 aliphatic heterocycles. The maximum Gasteiger partial charge on any atom is 0.241 e. The lowest BCUT2D eigenvalue weighted by Crippen LogP contribution is -2.47. The minimum absolute atomic E-state index is 0.0167. The monoisotopic (exact) mass is 444 g/mol. The van der Waals surface area contributed by atoms with Crippen molar-refractivity contribution in [3.05, 3.63) is 95.1 Å². The molecule has 32 heavy (non-hydrogen) atoms. The zero-order valence-corrected chi connectivity index (χ0v) is 19.5. The second-order valence-electron chi connectivity index (χ2n) is 8.35. The predicted molar refractivity (Wildman–Crippen MR) is 131 cm³/mol. The number of thioether (sulfide) groups is 1. The third kappa shape index (κ3) is 4.73. The van der Waals surface area contributed by atoms with Crippen LogP contribution in [-0.2, 0) is 22.7 Å². The Morgan fingerprint density at radius 1 is 1.03 bits per heavy atom. The number of amides is 2. The molecule has 5 heteroatoms. The van der Waals surface area contributed by atoms with Crippen LogP contribution in [-0.4, -0.2) is 17.1 Å². The summed E-state index contributed by atoms with van der Waals surface area (Å²) in [6, 6.07) is 24.1. The Hall–Kier alpha value is -3.05. The van der Waals surface area contributed by atoms with Gasteiger partial charge in [-0.3, -0.25) is 9.59 Å². The van der Waals surface area contributed by atoms with Crippen molar-refractivity contribution in [2.75, 3.05) is 4.90 Å². The van der Waals surface area contributed by atoms with E-state index in [0.717, 1.165) is 27.3 Å². The average molecular weight is 445 g/mol. The average Bonchev–Trinajstić information content (AvgIpc) is 2.81. The van der Waals surface area contributed by atoms with Gasteiger partial charge in [0.2, 0.25) is 11.8 Å². The zero-order chi connectivity index (χ0) is 22.7. The van der Waals surface area contributed by atoms with Gasteiger partial charge in [-0.1, -0.05) is 73.2 Å². The number of carbonyl (C=O) groups excluding carboxylic acids is 2. The number of aryl methyl sites for hydroxylation is 2. The SMILES string of the molecule is Cc1ccc(C)c(CN2C(=O)[C@@H]([C@H](C)C(=O)NCc3ccccc3)Sc3ccccc32)c1. The largest absolute Gasteiger partial charge is 0.352 e. The molecule has 0 radical (unpaired) electrons. The van der Waals surface area contributed by atoms with Crippen LogP contribution in [0.2, 0.25) is 0 Å². The summed E-state index contributed by atoms with van der Waals surface area (Å²) in [7, 11) is 0. The normalized spacial score (nSPS) is 16.4. The van der Waals surface area contributed by atoms with Gasteiger partial charge in [0.1, 0.15) is 5.25 Å². The van der Waals surface area contributed by atoms with Gasteiger partial charge in [-0.2, -0.15) is 0 Å². The van der Waals surface area contributed by atoms with Crippen molar-refractivity contribution in [3.63, 3.8) is 0 Å². The maximum absolute atomic E-state index is 13.6. The molecule has 1 aliphatic rings. The molecule has 2 atom stereocenters. The van der Waals surface area contributed by atoms with Crippen molar-refractivity contribution in [3.8, 4) is 0 Å². The molecule has 4 nitrogen and oxygen atoms in total. The topological polar surface area (TPSA) is 49.4 Å². The van der Waals surface area contributed by atoms with Gasteiger partial charge in [0, 0.05) is 11.4 Å². The molecule has 0 saturated heterocycles. The fourth-order valence-electron chi connectivity index (χ4n) is 3.94. The van der Waals surface area contributed by atoms with Crippen molar-refractivity contribution in [2.24, 2.45) is 5.92 Å². The standard InChI is InChI=1S/C27H28N2O2S/c1-18-13-14-19(2)22(15-18)17-29-23-11-7-8-12-24(23)32-25(27(29)31)20(3)26(30)28-16-21-9-5-4-6-10-21/h4-15,20,25H,16-17H2,1-3H3,(H,28,30)/t20-,25+/m0/s1. The highest BCUT2D eigenvalue weighted by Crippen LogP contribution is 2.42. The van der Waals surface area contributed by atoms with Crippen molar-refractivity contribution < 1.29 is 9.59 Å². The molecule has 4 rings (SSSR count). The third-order valence-electron chi connectivity index (χ3n) is 5.93. The number of nitrogens with zero attached hydrogens (tertiary/aromatic N) is 1. The van der Waals surface area contributed by atoms with Gasteiger partial charge in [0.05, 0.1) is 18.2 Å². The van der Waals surface area contributed by atoms with E-state index < -0.39 is 11.2 Å². The third-order valence-corrected chi connectivity index (χ3v) is 7.39. The number of rotatable bonds is 6. The van der Waals surface area contributed by atoms with Crippen molar-refractivity contribution >= 4 is 29.3 Å². The Balaban J connectivity index is 1.56. The summed E-state index contributed by atoms with van der Waals surface area (Å²) in [4.78, 5) is 29.5. The first-order valence-electron chi connectivity index (χ1n) is 10.9. The number of hydrogen-bond donors (Lipinski definition) is 1. The summed E-state index contributed by atoms with van der Waals surface area (Å²) >= 11 is 1.49. The fourth-order valence-corrected chi connectivity index (χ4v) is 5.23. The Morgan fingerprint density at radius 3 is 2.53 bits per heavy atom. The summed E-state index contributed by atoms with van der Waals surface area (Å²) in [5, 5.41) is 2.53. The Morgan fingerprint density at radius 2 is 1.75 bits per heavy atom. The summed E-state index contributed by atoms with van der Waals surface area (Å²) in [5.74, 6) is -0.576. The Labute approximate surface area is 194 Å². The van der Waals surface area contributed by atoms with Crippen LogP contribution in [0.4, 0.5) is 5.69 Å². The van der Waals surface area contributed by atoms with E-state index in [4.69, 9.17) is 0 Å². The number of fused-ring (bicyclic) bond motifs is 1. The molecule has 0 bridgehead atoms. The molecule has 0 fully saturated rings. The highest BCUT2D eigenvalue weighted by atomic mass is 32.2. The maximum atomic E-state index is 13.6. The second kappa shape index (κ2) is 9.61. The number of para-hydroxylation sites is 1. The molecule has 3 aromatic rings. The molecule has 0 aromatic heterocycles. The minimum Gasteiger partial charge on any atom is -0.352 e. The molecule has 0 unspecified atom stereocenters. The van der Waals surface area contributed by atoms with Crippen LogP contribution in [0.1, 0.15) is 29.2 Å².